The molecule has 0 amide bonds. The minimum Gasteiger partial charge on any atom is -0.372 e. The predicted octanol–water partition coefficient (Wildman–Crippen LogP) is 6.59. The molecule has 2 aliphatic rings. The van der Waals surface area contributed by atoms with Gasteiger partial charge in [0.25, 0.3) is 0 Å². The van der Waals surface area contributed by atoms with Crippen molar-refractivity contribution >= 4 is 32.9 Å². The lowest BCUT2D eigenvalue weighted by molar-refractivity contribution is 0.578. The van der Waals surface area contributed by atoms with Crippen molar-refractivity contribution in [1.82, 2.24) is 0 Å². The molecule has 3 aromatic rings. The molecule has 2 nitrogen and oxygen atoms in total. The third-order valence-electron chi connectivity index (χ3n) is 7.06. The van der Waals surface area contributed by atoms with Crippen molar-refractivity contribution in [3.63, 3.8) is 0 Å². The third kappa shape index (κ3) is 3.03. The molecule has 0 spiro atoms. The van der Waals surface area contributed by atoms with E-state index in [9.17, 15) is 0 Å². The van der Waals surface area contributed by atoms with Crippen molar-refractivity contribution in [1.29, 1.82) is 0 Å². The van der Waals surface area contributed by atoms with E-state index in [1.165, 1.54) is 109 Å². The highest BCUT2D eigenvalue weighted by Gasteiger charge is 2.16. The molecule has 0 radical (unpaired) electrons. The van der Waals surface area contributed by atoms with Crippen LogP contribution in [0.2, 0.25) is 0 Å². The number of nitrogens with zero attached hydrogens (tertiary/aromatic N) is 2. The van der Waals surface area contributed by atoms with Crippen LogP contribution in [0.15, 0.2) is 36.4 Å². The zero-order valence-corrected chi connectivity index (χ0v) is 17.4. The molecule has 0 aromatic heterocycles. The van der Waals surface area contributed by atoms with Gasteiger partial charge in [-0.15, -0.1) is 0 Å². The van der Waals surface area contributed by atoms with Gasteiger partial charge in [-0.25, -0.2) is 0 Å². The van der Waals surface area contributed by atoms with Crippen LogP contribution >= 0.6 is 0 Å². The Kier molecular flexibility index (Phi) is 4.66. The molecule has 0 saturated carbocycles. The lowest BCUT2D eigenvalue weighted by atomic mass is 9.92. The molecule has 0 aliphatic carbocycles. The lowest BCUT2D eigenvalue weighted by Crippen LogP contribution is -2.29. The topological polar surface area (TPSA) is 6.48 Å². The maximum absolute atomic E-state index is 2.57. The van der Waals surface area contributed by atoms with Crippen molar-refractivity contribution in [2.75, 3.05) is 36.0 Å². The number of benzene rings is 3. The van der Waals surface area contributed by atoms with Crippen LogP contribution in [-0.2, 0) is 0 Å². The van der Waals surface area contributed by atoms with Gasteiger partial charge >= 0.3 is 0 Å². The minimum absolute atomic E-state index is 1.20. The highest BCUT2D eigenvalue weighted by Crippen LogP contribution is 2.36. The van der Waals surface area contributed by atoms with Gasteiger partial charge in [0.1, 0.15) is 0 Å². The normalized spacial score (nSPS) is 18.2. The van der Waals surface area contributed by atoms with Crippen molar-refractivity contribution < 1.29 is 0 Å². The van der Waals surface area contributed by atoms with E-state index in [4.69, 9.17) is 0 Å². The molecule has 2 heteroatoms. The molecule has 0 bridgehead atoms. The van der Waals surface area contributed by atoms with Crippen molar-refractivity contribution in [3.8, 4) is 0 Å². The summed E-state index contributed by atoms with van der Waals surface area (Å²) in [6.07, 6.45) is 8.07. The van der Waals surface area contributed by atoms with E-state index >= 15 is 0 Å². The van der Waals surface area contributed by atoms with Gasteiger partial charge in [0.2, 0.25) is 0 Å². The molecule has 2 aliphatic heterocycles. The fourth-order valence-corrected chi connectivity index (χ4v) is 5.33. The molecule has 5 rings (SSSR count). The summed E-state index contributed by atoms with van der Waals surface area (Å²) in [5.74, 6) is 0. The molecular formula is C26H32N2. The highest BCUT2D eigenvalue weighted by molar-refractivity contribution is 6.07. The fourth-order valence-electron chi connectivity index (χ4n) is 5.33. The molecular weight excluding hydrogens is 340 g/mol. The first-order valence-electron chi connectivity index (χ1n) is 11.2. The van der Waals surface area contributed by atoms with E-state index < -0.39 is 0 Å². The Morgan fingerprint density at radius 1 is 0.500 bits per heavy atom. The summed E-state index contributed by atoms with van der Waals surface area (Å²) in [6, 6.07) is 14.3. The van der Waals surface area contributed by atoms with Gasteiger partial charge in [0.15, 0.2) is 0 Å². The number of hydrogen-bond donors (Lipinski definition) is 0. The number of anilines is 2. The molecule has 3 aromatic carbocycles. The van der Waals surface area contributed by atoms with Gasteiger partial charge in [-0.2, -0.15) is 0 Å². The Morgan fingerprint density at radius 3 is 1.29 bits per heavy atom. The molecule has 28 heavy (non-hydrogen) atoms. The number of aryl methyl sites for hydroxylation is 2. The van der Waals surface area contributed by atoms with Crippen molar-refractivity contribution in [2.45, 2.75) is 52.4 Å². The number of hydrogen-bond acceptors (Lipinski definition) is 2. The quantitative estimate of drug-likeness (QED) is 0.468. The number of rotatable bonds is 2. The number of fused-ring (bicyclic) bond motifs is 2. The van der Waals surface area contributed by atoms with Crippen LogP contribution in [-0.4, -0.2) is 26.2 Å². The Balaban J connectivity index is 1.62. The second kappa shape index (κ2) is 7.31. The third-order valence-corrected chi connectivity index (χ3v) is 7.06. The van der Waals surface area contributed by atoms with Crippen LogP contribution in [0.5, 0.6) is 0 Å². The van der Waals surface area contributed by atoms with Gasteiger partial charge in [0.05, 0.1) is 0 Å². The van der Waals surface area contributed by atoms with E-state index in [2.05, 4.69) is 60.0 Å². The summed E-state index contributed by atoms with van der Waals surface area (Å²) < 4.78 is 0. The SMILES string of the molecule is Cc1c2ccc(N3CCCCC3)cc2c(C)c2ccc(N3CCCCC3)cc12. The lowest BCUT2D eigenvalue weighted by Gasteiger charge is -2.30. The zero-order chi connectivity index (χ0) is 19.1. The predicted molar refractivity (Wildman–Crippen MR) is 123 cm³/mol. The first-order valence-corrected chi connectivity index (χ1v) is 11.2. The summed E-state index contributed by atoms with van der Waals surface area (Å²) in [5, 5.41) is 5.70. The first kappa shape index (κ1) is 17.8. The average Bonchev–Trinajstić information content (AvgIpc) is 2.78. The van der Waals surface area contributed by atoms with Crippen LogP contribution in [0.4, 0.5) is 11.4 Å². The second-order valence-electron chi connectivity index (χ2n) is 8.81. The van der Waals surface area contributed by atoms with Crippen LogP contribution < -0.4 is 9.80 Å². The van der Waals surface area contributed by atoms with Crippen LogP contribution in [0, 0.1) is 13.8 Å². The molecule has 0 N–H and O–H groups in total. The Bertz CT molecular complexity index is 925. The zero-order valence-electron chi connectivity index (χ0n) is 17.4. The Hall–Kier alpha value is -2.22. The molecule has 0 unspecified atom stereocenters. The molecule has 2 saturated heterocycles. The Morgan fingerprint density at radius 2 is 0.893 bits per heavy atom. The summed E-state index contributed by atoms with van der Waals surface area (Å²) >= 11 is 0. The Labute approximate surface area is 169 Å². The average molecular weight is 373 g/mol. The molecule has 146 valence electrons. The van der Waals surface area contributed by atoms with E-state index in [-0.39, 0.29) is 0 Å². The maximum atomic E-state index is 2.57. The van der Waals surface area contributed by atoms with Crippen molar-refractivity contribution in [3.05, 3.63) is 47.5 Å². The van der Waals surface area contributed by atoms with Crippen molar-refractivity contribution in [2.24, 2.45) is 0 Å². The van der Waals surface area contributed by atoms with Gasteiger partial charge in [-0.1, -0.05) is 12.1 Å². The molecule has 2 heterocycles. The van der Waals surface area contributed by atoms with Gasteiger partial charge in [-0.05, 0) is 109 Å². The summed E-state index contributed by atoms with van der Waals surface area (Å²) in [7, 11) is 0. The van der Waals surface area contributed by atoms with Gasteiger partial charge < -0.3 is 9.80 Å². The monoisotopic (exact) mass is 372 g/mol. The van der Waals surface area contributed by atoms with Crippen LogP contribution in [0.25, 0.3) is 21.5 Å². The standard InChI is InChI=1S/C26H32N2/c1-19-23-11-9-22(28-15-7-4-8-16-28)18-26(23)20(2)24-12-10-21(17-25(19)24)27-13-5-3-6-14-27/h9-12,17-18H,3-8,13-16H2,1-2H3. The van der Waals surface area contributed by atoms with Gasteiger partial charge in [-0.3, -0.25) is 0 Å². The second-order valence-corrected chi connectivity index (χ2v) is 8.81. The van der Waals surface area contributed by atoms with E-state index in [1.54, 1.807) is 0 Å². The van der Waals surface area contributed by atoms with Crippen LogP contribution in [0.1, 0.15) is 49.7 Å². The largest absolute Gasteiger partial charge is 0.372 e. The summed E-state index contributed by atoms with van der Waals surface area (Å²) in [5.41, 5.74) is 5.66. The van der Waals surface area contributed by atoms with E-state index in [0.717, 1.165) is 0 Å². The van der Waals surface area contributed by atoms with Gasteiger partial charge in [0, 0.05) is 37.6 Å². The maximum Gasteiger partial charge on any atom is 0.0372 e. The highest BCUT2D eigenvalue weighted by atomic mass is 15.1. The number of piperidine rings is 2. The summed E-state index contributed by atoms with van der Waals surface area (Å²) in [4.78, 5) is 5.14. The summed E-state index contributed by atoms with van der Waals surface area (Å²) in [6.45, 7) is 9.44. The smallest absolute Gasteiger partial charge is 0.0372 e. The minimum atomic E-state index is 1.20. The first-order chi connectivity index (χ1) is 13.7. The van der Waals surface area contributed by atoms with Crippen LogP contribution in [0.3, 0.4) is 0 Å². The molecule has 0 atom stereocenters. The fraction of sp³-hybridized carbons (Fsp3) is 0.462. The van der Waals surface area contributed by atoms with E-state index in [1.807, 2.05) is 0 Å². The van der Waals surface area contributed by atoms with E-state index in [0.29, 0.717) is 0 Å². The molecule has 2 fully saturated rings.